The van der Waals surface area contributed by atoms with Crippen molar-refractivity contribution in [1.82, 2.24) is 4.90 Å². The van der Waals surface area contributed by atoms with E-state index in [0.29, 0.717) is 5.76 Å². The summed E-state index contributed by atoms with van der Waals surface area (Å²) in [4.78, 5) is 14.2. The monoisotopic (exact) mass is 312 g/mol. The molecule has 0 spiro atoms. The minimum absolute atomic E-state index is 0.178. The van der Waals surface area contributed by atoms with Crippen molar-refractivity contribution in [3.05, 3.63) is 60.1 Å². The number of nitrogens with one attached hydrogen (secondary N) is 1. The zero-order valence-electron chi connectivity index (χ0n) is 12.9. The number of morpholine rings is 1. The fraction of sp³-hybridized carbons (Fsp3) is 0.278. The number of carbonyl (C=O) groups is 1. The predicted molar refractivity (Wildman–Crippen MR) is 88.9 cm³/mol. The van der Waals surface area contributed by atoms with E-state index in [9.17, 15) is 4.79 Å². The van der Waals surface area contributed by atoms with Gasteiger partial charge in [-0.05, 0) is 35.9 Å². The topological polar surface area (TPSA) is 54.7 Å². The summed E-state index contributed by atoms with van der Waals surface area (Å²) in [5, 5.41) is 2.83. The summed E-state index contributed by atoms with van der Waals surface area (Å²) < 4.78 is 10.5. The summed E-state index contributed by atoms with van der Waals surface area (Å²) >= 11 is 0. The van der Waals surface area contributed by atoms with Crippen LogP contribution in [0.5, 0.6) is 0 Å². The molecule has 0 saturated carbocycles. The highest BCUT2D eigenvalue weighted by atomic mass is 16.5. The molecule has 2 aromatic rings. The molecule has 0 atom stereocenters. The van der Waals surface area contributed by atoms with Crippen LogP contribution in [0.1, 0.15) is 11.3 Å². The number of benzene rings is 1. The quantitative estimate of drug-likeness (QED) is 0.863. The normalized spacial score (nSPS) is 15.8. The third-order valence-electron chi connectivity index (χ3n) is 3.67. The van der Waals surface area contributed by atoms with Crippen LogP contribution in [0.15, 0.2) is 53.2 Å². The Balaban J connectivity index is 1.51. The first-order chi connectivity index (χ1) is 11.3. The lowest BCUT2D eigenvalue weighted by Crippen LogP contribution is -2.35. The van der Waals surface area contributed by atoms with E-state index in [0.717, 1.165) is 38.5 Å². The van der Waals surface area contributed by atoms with E-state index in [-0.39, 0.29) is 5.91 Å². The molecule has 1 aromatic heterocycles. The van der Waals surface area contributed by atoms with Gasteiger partial charge in [-0.25, -0.2) is 0 Å². The van der Waals surface area contributed by atoms with E-state index in [2.05, 4.69) is 10.2 Å². The van der Waals surface area contributed by atoms with Crippen LogP contribution < -0.4 is 5.32 Å². The molecule has 1 aliphatic rings. The highest BCUT2D eigenvalue weighted by Gasteiger charge is 2.10. The number of hydrogen-bond donors (Lipinski definition) is 1. The van der Waals surface area contributed by atoms with Gasteiger partial charge in [0.05, 0.1) is 19.5 Å². The average molecular weight is 312 g/mol. The number of hydrogen-bond acceptors (Lipinski definition) is 4. The SMILES string of the molecule is O=C(/C=C/c1ccco1)Nc1ccc(CN2CCOCC2)cc1. The van der Waals surface area contributed by atoms with E-state index in [1.54, 1.807) is 24.5 Å². The number of anilines is 1. The number of nitrogens with zero attached hydrogens (tertiary/aromatic N) is 1. The van der Waals surface area contributed by atoms with Crippen molar-refractivity contribution in [1.29, 1.82) is 0 Å². The molecule has 1 fully saturated rings. The van der Waals surface area contributed by atoms with Crippen LogP contribution in [-0.4, -0.2) is 37.1 Å². The molecule has 2 heterocycles. The molecule has 1 N–H and O–H groups in total. The summed E-state index contributed by atoms with van der Waals surface area (Å²) in [6, 6.07) is 11.5. The molecule has 5 nitrogen and oxygen atoms in total. The molecular weight excluding hydrogens is 292 g/mol. The number of rotatable bonds is 5. The number of furan rings is 1. The van der Waals surface area contributed by atoms with Gasteiger partial charge in [-0.1, -0.05) is 12.1 Å². The van der Waals surface area contributed by atoms with Crippen LogP contribution in [0.2, 0.25) is 0 Å². The lowest BCUT2D eigenvalue weighted by Gasteiger charge is -2.26. The summed E-state index contributed by atoms with van der Waals surface area (Å²) in [6.45, 7) is 4.45. The molecule has 23 heavy (non-hydrogen) atoms. The van der Waals surface area contributed by atoms with E-state index in [4.69, 9.17) is 9.15 Å². The minimum atomic E-state index is -0.178. The fourth-order valence-corrected chi connectivity index (χ4v) is 2.44. The van der Waals surface area contributed by atoms with Crippen LogP contribution in [0.4, 0.5) is 5.69 Å². The number of ether oxygens (including phenoxy) is 1. The first kappa shape index (κ1) is 15.5. The van der Waals surface area contributed by atoms with E-state index in [1.807, 2.05) is 24.3 Å². The highest BCUT2D eigenvalue weighted by molar-refractivity contribution is 6.01. The Morgan fingerprint density at radius 3 is 2.65 bits per heavy atom. The van der Waals surface area contributed by atoms with Crippen LogP contribution >= 0.6 is 0 Å². The molecule has 3 rings (SSSR count). The second kappa shape index (κ2) is 7.76. The standard InChI is InChI=1S/C18H20N2O3/c21-18(8-7-17-2-1-11-23-17)19-16-5-3-15(4-6-16)14-20-9-12-22-13-10-20/h1-8,11H,9-10,12-14H2,(H,19,21)/b8-7+. The van der Waals surface area contributed by atoms with E-state index >= 15 is 0 Å². The molecule has 1 saturated heterocycles. The molecule has 0 radical (unpaired) electrons. The van der Waals surface area contributed by atoms with E-state index in [1.165, 1.54) is 11.6 Å². The van der Waals surface area contributed by atoms with Crippen molar-refractivity contribution < 1.29 is 13.9 Å². The second-order valence-corrected chi connectivity index (χ2v) is 5.42. The van der Waals surface area contributed by atoms with Gasteiger partial charge in [0.25, 0.3) is 0 Å². The van der Waals surface area contributed by atoms with Crippen molar-refractivity contribution in [2.75, 3.05) is 31.6 Å². The van der Waals surface area contributed by atoms with Gasteiger partial charge < -0.3 is 14.5 Å². The van der Waals surface area contributed by atoms with Gasteiger partial charge in [-0.2, -0.15) is 0 Å². The van der Waals surface area contributed by atoms with Gasteiger partial charge in [0, 0.05) is 31.4 Å². The molecule has 1 aromatic carbocycles. The Morgan fingerprint density at radius 1 is 1.17 bits per heavy atom. The molecule has 0 bridgehead atoms. The summed E-state index contributed by atoms with van der Waals surface area (Å²) in [5.41, 5.74) is 2.01. The number of amides is 1. The van der Waals surface area contributed by atoms with Gasteiger partial charge in [0.1, 0.15) is 5.76 Å². The average Bonchev–Trinajstić information content (AvgIpc) is 3.09. The molecule has 0 unspecified atom stereocenters. The Kier molecular flexibility index (Phi) is 5.24. The van der Waals surface area contributed by atoms with Gasteiger partial charge in [0.15, 0.2) is 0 Å². The van der Waals surface area contributed by atoms with Crippen molar-refractivity contribution in [3.8, 4) is 0 Å². The third-order valence-corrected chi connectivity index (χ3v) is 3.67. The van der Waals surface area contributed by atoms with Crippen molar-refractivity contribution >= 4 is 17.7 Å². The largest absolute Gasteiger partial charge is 0.465 e. The maximum Gasteiger partial charge on any atom is 0.248 e. The van der Waals surface area contributed by atoms with Crippen LogP contribution in [0, 0.1) is 0 Å². The molecule has 1 aliphatic heterocycles. The van der Waals surface area contributed by atoms with Gasteiger partial charge in [0.2, 0.25) is 5.91 Å². The van der Waals surface area contributed by atoms with Crippen molar-refractivity contribution in [2.24, 2.45) is 0 Å². The Hall–Kier alpha value is -2.37. The Morgan fingerprint density at radius 2 is 1.96 bits per heavy atom. The maximum atomic E-state index is 11.8. The lowest BCUT2D eigenvalue weighted by molar-refractivity contribution is -0.111. The van der Waals surface area contributed by atoms with Gasteiger partial charge >= 0.3 is 0 Å². The minimum Gasteiger partial charge on any atom is -0.465 e. The van der Waals surface area contributed by atoms with Gasteiger partial charge in [-0.3, -0.25) is 9.69 Å². The first-order valence-electron chi connectivity index (χ1n) is 7.71. The van der Waals surface area contributed by atoms with E-state index < -0.39 is 0 Å². The van der Waals surface area contributed by atoms with Crippen LogP contribution in [0.3, 0.4) is 0 Å². The Labute approximate surface area is 135 Å². The molecule has 5 heteroatoms. The molecule has 120 valence electrons. The maximum absolute atomic E-state index is 11.8. The molecule has 1 amide bonds. The Bertz CT molecular complexity index is 641. The molecular formula is C18H20N2O3. The van der Waals surface area contributed by atoms with Gasteiger partial charge in [-0.15, -0.1) is 0 Å². The van der Waals surface area contributed by atoms with Crippen LogP contribution in [-0.2, 0) is 16.1 Å². The number of carbonyl (C=O) groups excluding carboxylic acids is 1. The van der Waals surface area contributed by atoms with Crippen molar-refractivity contribution in [2.45, 2.75) is 6.54 Å². The summed E-state index contributed by atoms with van der Waals surface area (Å²) in [6.07, 6.45) is 4.67. The van der Waals surface area contributed by atoms with Crippen molar-refractivity contribution in [3.63, 3.8) is 0 Å². The highest BCUT2D eigenvalue weighted by Crippen LogP contribution is 2.13. The predicted octanol–water partition coefficient (Wildman–Crippen LogP) is 2.76. The molecule has 0 aliphatic carbocycles. The summed E-state index contributed by atoms with van der Waals surface area (Å²) in [5.74, 6) is 0.475. The second-order valence-electron chi connectivity index (χ2n) is 5.42. The smallest absolute Gasteiger partial charge is 0.248 e. The lowest BCUT2D eigenvalue weighted by atomic mass is 10.2. The third kappa shape index (κ3) is 4.81. The fourth-order valence-electron chi connectivity index (χ4n) is 2.44. The zero-order chi connectivity index (χ0) is 15.9. The first-order valence-corrected chi connectivity index (χ1v) is 7.71. The van der Waals surface area contributed by atoms with Crippen LogP contribution in [0.25, 0.3) is 6.08 Å². The zero-order valence-corrected chi connectivity index (χ0v) is 12.9. The summed E-state index contributed by atoms with van der Waals surface area (Å²) in [7, 11) is 0.